The molecule has 6 heteroatoms. The Morgan fingerprint density at radius 3 is 2.50 bits per heavy atom. The second-order valence-electron chi connectivity index (χ2n) is 2.85. The van der Waals surface area contributed by atoms with Gasteiger partial charge in [0.25, 0.3) is 0 Å². The lowest BCUT2D eigenvalue weighted by Crippen LogP contribution is -2.19. The van der Waals surface area contributed by atoms with E-state index in [1.165, 1.54) is 19.2 Å². The van der Waals surface area contributed by atoms with Gasteiger partial charge in [-0.05, 0) is 31.7 Å². The topological polar surface area (TPSA) is 72.2 Å². The Morgan fingerprint density at radius 1 is 1.43 bits per heavy atom. The van der Waals surface area contributed by atoms with Crippen LogP contribution >= 0.6 is 11.6 Å². The zero-order valence-corrected chi connectivity index (χ0v) is 9.41. The Labute approximate surface area is 88.1 Å². The van der Waals surface area contributed by atoms with Gasteiger partial charge >= 0.3 is 0 Å². The molecule has 0 radical (unpaired) electrons. The van der Waals surface area contributed by atoms with Crippen molar-refractivity contribution in [2.24, 2.45) is 0 Å². The molecule has 0 aliphatic rings. The maximum Gasteiger partial charge on any atom is 0.241 e. The summed E-state index contributed by atoms with van der Waals surface area (Å²) in [5.41, 5.74) is 6.75. The first-order chi connectivity index (χ1) is 6.38. The fourth-order valence-corrected chi connectivity index (χ4v) is 2.33. The van der Waals surface area contributed by atoms with Gasteiger partial charge in [-0.2, -0.15) is 0 Å². The number of anilines is 1. The van der Waals surface area contributed by atoms with Crippen LogP contribution in [0, 0.1) is 6.92 Å². The maximum atomic E-state index is 11.4. The van der Waals surface area contributed by atoms with Crippen LogP contribution in [0.2, 0.25) is 5.02 Å². The summed E-state index contributed by atoms with van der Waals surface area (Å²) in [7, 11) is -2.21. The van der Waals surface area contributed by atoms with Crippen molar-refractivity contribution in [3.05, 3.63) is 22.7 Å². The van der Waals surface area contributed by atoms with Gasteiger partial charge in [0, 0.05) is 5.69 Å². The van der Waals surface area contributed by atoms with Gasteiger partial charge in [-0.1, -0.05) is 11.6 Å². The minimum absolute atomic E-state index is 0.00441. The van der Waals surface area contributed by atoms with Gasteiger partial charge in [0.1, 0.15) is 4.90 Å². The van der Waals surface area contributed by atoms with Gasteiger partial charge in [0.2, 0.25) is 10.0 Å². The molecule has 0 saturated carbocycles. The van der Waals surface area contributed by atoms with Crippen LogP contribution in [0.25, 0.3) is 0 Å². The van der Waals surface area contributed by atoms with E-state index in [0.717, 1.165) is 5.56 Å². The summed E-state index contributed by atoms with van der Waals surface area (Å²) >= 11 is 5.79. The van der Waals surface area contributed by atoms with Crippen molar-refractivity contribution in [3.8, 4) is 0 Å². The molecule has 14 heavy (non-hydrogen) atoms. The molecule has 0 bridgehead atoms. The molecule has 0 spiro atoms. The molecule has 0 aliphatic heterocycles. The van der Waals surface area contributed by atoms with E-state index in [4.69, 9.17) is 17.3 Å². The third kappa shape index (κ3) is 2.00. The largest absolute Gasteiger partial charge is 0.398 e. The van der Waals surface area contributed by atoms with Gasteiger partial charge in [0.05, 0.1) is 5.02 Å². The molecule has 0 saturated heterocycles. The number of nitrogens with two attached hydrogens (primary N) is 1. The lowest BCUT2D eigenvalue weighted by Gasteiger charge is -2.07. The minimum atomic E-state index is -3.53. The number of nitrogen functional groups attached to an aromatic ring is 1. The molecule has 0 aliphatic carbocycles. The molecular formula is C8H11ClN2O2S. The number of hydrogen-bond donors (Lipinski definition) is 2. The molecule has 0 amide bonds. The predicted molar refractivity (Wildman–Crippen MR) is 56.8 cm³/mol. The molecule has 0 fully saturated rings. The SMILES string of the molecule is CNS(=O)(=O)c1cc(N)c(C)cc1Cl. The van der Waals surface area contributed by atoms with E-state index in [2.05, 4.69) is 4.72 Å². The van der Waals surface area contributed by atoms with Crippen molar-refractivity contribution in [1.82, 2.24) is 4.72 Å². The van der Waals surface area contributed by atoms with E-state index in [1.807, 2.05) is 0 Å². The zero-order chi connectivity index (χ0) is 10.9. The normalized spacial score (nSPS) is 11.6. The van der Waals surface area contributed by atoms with Crippen molar-refractivity contribution in [3.63, 3.8) is 0 Å². The lowest BCUT2D eigenvalue weighted by molar-refractivity contribution is 0.588. The van der Waals surface area contributed by atoms with Crippen LogP contribution in [0.4, 0.5) is 5.69 Å². The zero-order valence-electron chi connectivity index (χ0n) is 7.83. The van der Waals surface area contributed by atoms with Crippen LogP contribution in [0.5, 0.6) is 0 Å². The minimum Gasteiger partial charge on any atom is -0.398 e. The van der Waals surface area contributed by atoms with E-state index in [-0.39, 0.29) is 9.92 Å². The molecular weight excluding hydrogens is 224 g/mol. The number of benzene rings is 1. The molecule has 1 aromatic carbocycles. The Hall–Kier alpha value is -0.780. The Balaban J connectivity index is 3.45. The van der Waals surface area contributed by atoms with Crippen molar-refractivity contribution in [1.29, 1.82) is 0 Å². The van der Waals surface area contributed by atoms with Crippen molar-refractivity contribution < 1.29 is 8.42 Å². The summed E-state index contributed by atoms with van der Waals surface area (Å²) < 4.78 is 25.0. The van der Waals surface area contributed by atoms with Crippen molar-refractivity contribution in [2.75, 3.05) is 12.8 Å². The summed E-state index contributed by atoms with van der Waals surface area (Å²) in [6.45, 7) is 1.76. The highest BCUT2D eigenvalue weighted by atomic mass is 35.5. The molecule has 4 nitrogen and oxygen atoms in total. The number of sulfonamides is 1. The molecule has 0 unspecified atom stereocenters. The molecule has 3 N–H and O–H groups in total. The van der Waals surface area contributed by atoms with Crippen LogP contribution in [-0.2, 0) is 10.0 Å². The fourth-order valence-electron chi connectivity index (χ4n) is 0.984. The quantitative estimate of drug-likeness (QED) is 0.754. The number of halogens is 1. The fraction of sp³-hybridized carbons (Fsp3) is 0.250. The second kappa shape index (κ2) is 3.76. The number of hydrogen-bond acceptors (Lipinski definition) is 3. The smallest absolute Gasteiger partial charge is 0.241 e. The maximum absolute atomic E-state index is 11.4. The first kappa shape index (κ1) is 11.3. The Morgan fingerprint density at radius 2 is 2.00 bits per heavy atom. The van der Waals surface area contributed by atoms with Gasteiger partial charge in [0.15, 0.2) is 0 Å². The van der Waals surface area contributed by atoms with Gasteiger partial charge in [-0.3, -0.25) is 0 Å². The van der Waals surface area contributed by atoms with E-state index < -0.39 is 10.0 Å². The Kier molecular flexibility index (Phi) is 3.04. The van der Waals surface area contributed by atoms with E-state index in [0.29, 0.717) is 5.69 Å². The molecule has 0 heterocycles. The number of aryl methyl sites for hydroxylation is 1. The molecule has 1 aromatic rings. The first-order valence-electron chi connectivity index (χ1n) is 3.87. The molecule has 0 aromatic heterocycles. The van der Waals surface area contributed by atoms with Crippen molar-refractivity contribution in [2.45, 2.75) is 11.8 Å². The highest BCUT2D eigenvalue weighted by Gasteiger charge is 2.16. The summed E-state index contributed by atoms with van der Waals surface area (Å²) in [5.74, 6) is 0. The lowest BCUT2D eigenvalue weighted by atomic mass is 10.2. The monoisotopic (exact) mass is 234 g/mol. The van der Waals surface area contributed by atoms with Crippen molar-refractivity contribution >= 4 is 27.3 Å². The van der Waals surface area contributed by atoms with E-state index in [9.17, 15) is 8.42 Å². The van der Waals surface area contributed by atoms with Crippen LogP contribution in [-0.4, -0.2) is 15.5 Å². The van der Waals surface area contributed by atoms with Crippen LogP contribution in [0.15, 0.2) is 17.0 Å². The summed E-state index contributed by atoms with van der Waals surface area (Å²) in [5, 5.41) is 0.172. The van der Waals surface area contributed by atoms with E-state index in [1.54, 1.807) is 6.92 Å². The second-order valence-corrected chi connectivity index (χ2v) is 5.11. The Bertz CT molecular complexity index is 457. The van der Waals surface area contributed by atoms with Crippen LogP contribution in [0.3, 0.4) is 0 Å². The summed E-state index contributed by atoms with van der Waals surface area (Å²) in [4.78, 5) is 0.00441. The number of nitrogens with one attached hydrogen (secondary N) is 1. The average molecular weight is 235 g/mol. The molecule has 0 atom stereocenters. The van der Waals surface area contributed by atoms with Crippen LogP contribution in [0.1, 0.15) is 5.56 Å². The summed E-state index contributed by atoms with van der Waals surface area (Å²) in [6, 6.07) is 2.88. The van der Waals surface area contributed by atoms with Gasteiger partial charge < -0.3 is 5.73 Å². The first-order valence-corrected chi connectivity index (χ1v) is 5.74. The van der Waals surface area contributed by atoms with E-state index >= 15 is 0 Å². The average Bonchev–Trinajstić information content (AvgIpc) is 2.11. The molecule has 78 valence electrons. The third-order valence-electron chi connectivity index (χ3n) is 1.88. The third-order valence-corrected chi connectivity index (χ3v) is 3.76. The number of rotatable bonds is 2. The highest BCUT2D eigenvalue weighted by molar-refractivity contribution is 7.89. The summed E-state index contributed by atoms with van der Waals surface area (Å²) in [6.07, 6.45) is 0. The standard InChI is InChI=1S/C8H11ClN2O2S/c1-5-3-6(9)8(4-7(5)10)14(12,13)11-2/h3-4,11H,10H2,1-2H3. The highest BCUT2D eigenvalue weighted by Crippen LogP contribution is 2.26. The van der Waals surface area contributed by atoms with Crippen LogP contribution < -0.4 is 10.5 Å². The molecule has 1 rings (SSSR count). The van der Waals surface area contributed by atoms with Gasteiger partial charge in [-0.15, -0.1) is 0 Å². The van der Waals surface area contributed by atoms with Gasteiger partial charge in [-0.25, -0.2) is 13.1 Å². The predicted octanol–water partition coefficient (Wildman–Crippen LogP) is 1.14.